The van der Waals surface area contributed by atoms with E-state index in [4.69, 9.17) is 16.3 Å². The Bertz CT molecular complexity index is 1180. The number of benzene rings is 2. The minimum atomic E-state index is -0.351. The second-order valence-electron chi connectivity index (χ2n) is 6.82. The van der Waals surface area contributed by atoms with E-state index in [2.05, 4.69) is 9.97 Å². The second-order valence-corrected chi connectivity index (χ2v) is 8.16. The summed E-state index contributed by atoms with van der Waals surface area (Å²) >= 11 is 7.47. The number of carbonyl (C=O) groups is 1. The van der Waals surface area contributed by atoms with Gasteiger partial charge in [0.15, 0.2) is 0 Å². The Labute approximate surface area is 183 Å². The van der Waals surface area contributed by atoms with Crippen molar-refractivity contribution in [2.45, 2.75) is 13.3 Å². The average Bonchev–Trinajstić information content (AvgIpc) is 3.10. The monoisotopic (exact) mass is 437 g/mol. The van der Waals surface area contributed by atoms with Gasteiger partial charge in [0, 0.05) is 19.2 Å². The lowest BCUT2D eigenvalue weighted by molar-refractivity contribution is 0.0514. The van der Waals surface area contributed by atoms with Crippen molar-refractivity contribution in [2.24, 2.45) is 0 Å². The number of halogens is 1. The number of esters is 1. The van der Waals surface area contributed by atoms with Crippen molar-refractivity contribution in [1.82, 2.24) is 9.97 Å². The predicted molar refractivity (Wildman–Crippen MR) is 122 cm³/mol. The van der Waals surface area contributed by atoms with E-state index in [9.17, 15) is 4.79 Å². The number of aromatic nitrogens is 2. The summed E-state index contributed by atoms with van der Waals surface area (Å²) in [4.78, 5) is 24.7. The molecule has 0 amide bonds. The Morgan fingerprint density at radius 3 is 2.43 bits per heavy atom. The highest BCUT2D eigenvalue weighted by molar-refractivity contribution is 7.20. The Kier molecular flexibility index (Phi) is 5.97. The summed E-state index contributed by atoms with van der Waals surface area (Å²) in [7, 11) is 1.92. The van der Waals surface area contributed by atoms with E-state index in [1.54, 1.807) is 0 Å². The molecule has 0 N–H and O–H groups in total. The van der Waals surface area contributed by atoms with Crippen molar-refractivity contribution in [3.05, 3.63) is 82.0 Å². The largest absolute Gasteiger partial charge is 0.461 e. The molecule has 7 heteroatoms. The summed E-state index contributed by atoms with van der Waals surface area (Å²) < 4.78 is 5.53. The van der Waals surface area contributed by atoms with Crippen molar-refractivity contribution >= 4 is 50.6 Å². The third-order valence-corrected chi connectivity index (χ3v) is 6.19. The number of fused-ring (bicyclic) bond motifs is 1. The van der Waals surface area contributed by atoms with Crippen LogP contribution in [0.2, 0.25) is 5.28 Å². The Hall–Kier alpha value is -2.96. The SMILES string of the molecule is Cc1c(C(=O)OCCc2ccccc2)sc2nc(Cl)nc(N(C)c3ccccc3)c12. The number of nitrogens with zero attached hydrogens (tertiary/aromatic N) is 3. The molecular weight excluding hydrogens is 418 g/mol. The van der Waals surface area contributed by atoms with Gasteiger partial charge in [-0.2, -0.15) is 4.98 Å². The minimum absolute atomic E-state index is 0.144. The van der Waals surface area contributed by atoms with Gasteiger partial charge in [0.05, 0.1) is 12.0 Å². The molecule has 0 fully saturated rings. The normalized spacial score (nSPS) is 10.9. The van der Waals surface area contributed by atoms with Gasteiger partial charge in [-0.25, -0.2) is 9.78 Å². The van der Waals surface area contributed by atoms with Crippen LogP contribution >= 0.6 is 22.9 Å². The van der Waals surface area contributed by atoms with Crippen molar-refractivity contribution in [1.29, 1.82) is 0 Å². The maximum atomic E-state index is 12.8. The number of anilines is 2. The number of hydrogen-bond acceptors (Lipinski definition) is 6. The third kappa shape index (κ3) is 4.15. The molecule has 5 nitrogen and oxygen atoms in total. The zero-order chi connectivity index (χ0) is 21.1. The molecule has 0 radical (unpaired) electrons. The summed E-state index contributed by atoms with van der Waals surface area (Å²) in [6, 6.07) is 19.8. The first-order valence-electron chi connectivity index (χ1n) is 9.51. The van der Waals surface area contributed by atoms with Gasteiger partial charge in [0.25, 0.3) is 0 Å². The van der Waals surface area contributed by atoms with Crippen LogP contribution in [0.5, 0.6) is 0 Å². The van der Waals surface area contributed by atoms with Crippen LogP contribution in [0.15, 0.2) is 60.7 Å². The van der Waals surface area contributed by atoms with Crippen molar-refractivity contribution in [2.75, 3.05) is 18.6 Å². The quantitative estimate of drug-likeness (QED) is 0.281. The van der Waals surface area contributed by atoms with E-state index in [0.717, 1.165) is 22.2 Å². The number of carbonyl (C=O) groups excluding carboxylic acids is 1. The van der Waals surface area contributed by atoms with Crippen LogP contribution in [0.3, 0.4) is 0 Å². The molecule has 4 aromatic rings. The summed E-state index contributed by atoms with van der Waals surface area (Å²) in [6.07, 6.45) is 0.671. The molecule has 0 spiro atoms. The zero-order valence-corrected chi connectivity index (χ0v) is 18.2. The fraction of sp³-hybridized carbons (Fsp3) is 0.174. The summed E-state index contributed by atoms with van der Waals surface area (Å²) in [5.74, 6) is 0.309. The van der Waals surface area contributed by atoms with E-state index in [0.29, 0.717) is 28.6 Å². The number of thiophene rings is 1. The maximum Gasteiger partial charge on any atom is 0.348 e. The fourth-order valence-electron chi connectivity index (χ4n) is 3.28. The molecule has 0 aliphatic heterocycles. The van der Waals surface area contributed by atoms with Gasteiger partial charge >= 0.3 is 5.97 Å². The molecule has 4 rings (SSSR count). The number of hydrogen-bond donors (Lipinski definition) is 0. The Morgan fingerprint density at radius 2 is 1.73 bits per heavy atom. The first kappa shape index (κ1) is 20.3. The molecule has 0 aliphatic carbocycles. The van der Waals surface area contributed by atoms with Crippen LogP contribution in [0, 0.1) is 6.92 Å². The molecule has 30 heavy (non-hydrogen) atoms. The van der Waals surface area contributed by atoms with Crippen LogP contribution in [0.1, 0.15) is 20.8 Å². The second kappa shape index (κ2) is 8.81. The number of ether oxygens (including phenoxy) is 1. The van der Waals surface area contributed by atoms with Crippen LogP contribution in [-0.2, 0) is 11.2 Å². The van der Waals surface area contributed by atoms with Gasteiger partial charge in [-0.1, -0.05) is 48.5 Å². The molecule has 0 aliphatic rings. The molecule has 0 unspecified atom stereocenters. The standard InChI is InChI=1S/C23H20ClN3O2S/c1-15-18-20(27(2)17-11-7-4-8-12-17)25-23(24)26-21(18)30-19(15)22(28)29-14-13-16-9-5-3-6-10-16/h3-12H,13-14H2,1-2H3. The molecule has 0 saturated heterocycles. The van der Waals surface area contributed by atoms with Gasteiger partial charge in [-0.05, 0) is 41.8 Å². The van der Waals surface area contributed by atoms with Gasteiger partial charge in [-0.15, -0.1) is 11.3 Å². The minimum Gasteiger partial charge on any atom is -0.461 e. The Balaban J connectivity index is 1.62. The lowest BCUT2D eigenvalue weighted by atomic mass is 10.1. The van der Waals surface area contributed by atoms with Crippen molar-refractivity contribution in [3.8, 4) is 0 Å². The molecule has 2 aromatic heterocycles. The number of rotatable bonds is 6. The fourth-order valence-corrected chi connectivity index (χ4v) is 4.56. The summed E-state index contributed by atoms with van der Waals surface area (Å²) in [6.45, 7) is 2.21. The highest BCUT2D eigenvalue weighted by Crippen LogP contribution is 2.38. The molecule has 152 valence electrons. The maximum absolute atomic E-state index is 12.8. The molecule has 0 atom stereocenters. The van der Waals surface area contributed by atoms with Gasteiger partial charge in [0.1, 0.15) is 15.5 Å². The van der Waals surface area contributed by atoms with Gasteiger partial charge in [-0.3, -0.25) is 0 Å². The molecule has 2 heterocycles. The summed E-state index contributed by atoms with van der Waals surface area (Å²) in [5, 5.41) is 0.955. The van der Waals surface area contributed by atoms with E-state index in [1.807, 2.05) is 79.5 Å². The van der Waals surface area contributed by atoms with E-state index >= 15 is 0 Å². The predicted octanol–water partition coefficient (Wildman–Crippen LogP) is 5.82. The Morgan fingerprint density at radius 1 is 1.07 bits per heavy atom. The van der Waals surface area contributed by atoms with E-state index in [-0.39, 0.29) is 11.3 Å². The lowest BCUT2D eigenvalue weighted by Gasteiger charge is -2.19. The molecule has 2 aromatic carbocycles. The van der Waals surface area contributed by atoms with Crippen molar-refractivity contribution in [3.63, 3.8) is 0 Å². The van der Waals surface area contributed by atoms with E-state index < -0.39 is 0 Å². The number of aryl methyl sites for hydroxylation is 1. The zero-order valence-electron chi connectivity index (χ0n) is 16.6. The van der Waals surface area contributed by atoms with Gasteiger partial charge in [0.2, 0.25) is 5.28 Å². The molecule has 0 saturated carbocycles. The topological polar surface area (TPSA) is 55.3 Å². The van der Waals surface area contributed by atoms with Crippen LogP contribution in [0.25, 0.3) is 10.2 Å². The first-order valence-corrected chi connectivity index (χ1v) is 10.7. The van der Waals surface area contributed by atoms with Crippen LogP contribution in [0.4, 0.5) is 11.5 Å². The smallest absolute Gasteiger partial charge is 0.348 e. The highest BCUT2D eigenvalue weighted by Gasteiger charge is 2.23. The number of para-hydroxylation sites is 1. The van der Waals surface area contributed by atoms with Crippen molar-refractivity contribution < 1.29 is 9.53 Å². The van der Waals surface area contributed by atoms with Crippen LogP contribution < -0.4 is 4.90 Å². The average molecular weight is 438 g/mol. The molecule has 0 bridgehead atoms. The highest BCUT2D eigenvalue weighted by atomic mass is 35.5. The molecular formula is C23H20ClN3O2S. The first-order chi connectivity index (χ1) is 14.5. The summed E-state index contributed by atoms with van der Waals surface area (Å²) in [5.41, 5.74) is 2.89. The lowest BCUT2D eigenvalue weighted by Crippen LogP contribution is -2.12. The third-order valence-electron chi connectivity index (χ3n) is 4.86. The van der Waals surface area contributed by atoms with E-state index in [1.165, 1.54) is 11.3 Å². The van der Waals surface area contributed by atoms with Gasteiger partial charge < -0.3 is 9.64 Å². The van der Waals surface area contributed by atoms with Crippen LogP contribution in [-0.4, -0.2) is 29.6 Å².